The third-order valence-corrected chi connectivity index (χ3v) is 4.76. The molecule has 0 aliphatic heterocycles. The molecule has 1 saturated carbocycles. The number of carbonyl (C=O) groups is 1. The van der Waals surface area contributed by atoms with Gasteiger partial charge in [0.15, 0.2) is 0 Å². The van der Waals surface area contributed by atoms with Crippen LogP contribution >= 0.6 is 0 Å². The number of carbonyl (C=O) groups excluding carboxylic acids is 1. The zero-order valence-corrected chi connectivity index (χ0v) is 13.0. The van der Waals surface area contributed by atoms with E-state index in [1.165, 1.54) is 0 Å². The van der Waals surface area contributed by atoms with Crippen LogP contribution in [-0.2, 0) is 11.2 Å². The second-order valence-corrected chi connectivity index (χ2v) is 6.24. The van der Waals surface area contributed by atoms with E-state index in [-0.39, 0.29) is 12.5 Å². The van der Waals surface area contributed by atoms with Crippen molar-refractivity contribution >= 4 is 11.6 Å². The van der Waals surface area contributed by atoms with Crippen molar-refractivity contribution in [2.45, 2.75) is 38.1 Å². The van der Waals surface area contributed by atoms with E-state index in [1.807, 2.05) is 46.9 Å². The van der Waals surface area contributed by atoms with E-state index in [4.69, 9.17) is 0 Å². The quantitative estimate of drug-likeness (QED) is 0.938. The van der Waals surface area contributed by atoms with Crippen LogP contribution in [0.4, 0.5) is 0 Å². The Bertz CT molecular complexity index is 611. The van der Waals surface area contributed by atoms with Gasteiger partial charge in [-0.25, -0.2) is 4.98 Å². The summed E-state index contributed by atoms with van der Waals surface area (Å²) >= 11 is 0. The molecule has 0 radical (unpaired) electrons. The average Bonchev–Trinajstić information content (AvgIpc) is 2.96. The predicted molar refractivity (Wildman–Crippen MR) is 84.5 cm³/mol. The molecule has 5 nitrogen and oxygen atoms in total. The molecule has 22 heavy (non-hydrogen) atoms. The second kappa shape index (κ2) is 6.48. The summed E-state index contributed by atoms with van der Waals surface area (Å²) in [5.41, 5.74) is 1.68. The Morgan fingerprint density at radius 1 is 1.36 bits per heavy atom. The molecule has 0 bridgehead atoms. The van der Waals surface area contributed by atoms with Crippen molar-refractivity contribution in [2.24, 2.45) is 5.92 Å². The zero-order chi connectivity index (χ0) is 15.5. The van der Waals surface area contributed by atoms with Crippen molar-refractivity contribution in [3.63, 3.8) is 0 Å². The Hall–Kier alpha value is -1.88. The van der Waals surface area contributed by atoms with Gasteiger partial charge < -0.3 is 14.4 Å². The summed E-state index contributed by atoms with van der Waals surface area (Å²) in [7, 11) is 1.89. The molecule has 0 spiro atoms. The fraction of sp³-hybridized carbons (Fsp3) is 0.529. The molecule has 1 aliphatic rings. The van der Waals surface area contributed by atoms with Crippen molar-refractivity contribution in [2.75, 3.05) is 13.7 Å². The van der Waals surface area contributed by atoms with Gasteiger partial charge in [0.25, 0.3) is 0 Å². The van der Waals surface area contributed by atoms with Crippen LogP contribution < -0.4 is 0 Å². The number of imidazole rings is 1. The molecule has 0 unspecified atom stereocenters. The van der Waals surface area contributed by atoms with Gasteiger partial charge in [-0.15, -0.1) is 0 Å². The number of aliphatic hydroxyl groups is 1. The molecule has 118 valence electrons. The number of rotatable bonds is 4. The Balaban J connectivity index is 1.61. The van der Waals surface area contributed by atoms with Crippen LogP contribution in [0.3, 0.4) is 0 Å². The van der Waals surface area contributed by atoms with Crippen molar-refractivity contribution in [1.29, 1.82) is 0 Å². The van der Waals surface area contributed by atoms with Crippen molar-refractivity contribution < 1.29 is 9.90 Å². The first-order chi connectivity index (χ1) is 10.7. The van der Waals surface area contributed by atoms with Crippen LogP contribution in [0.15, 0.2) is 30.6 Å². The van der Waals surface area contributed by atoms with Gasteiger partial charge in [0.05, 0.1) is 12.1 Å². The topological polar surface area (TPSA) is 57.8 Å². The molecule has 0 saturated heterocycles. The van der Waals surface area contributed by atoms with Crippen molar-refractivity contribution in [3.8, 4) is 0 Å². The Labute approximate surface area is 130 Å². The molecule has 2 heterocycles. The molecule has 2 aromatic rings. The largest absolute Gasteiger partial charge is 0.396 e. The molecule has 3 rings (SSSR count). The number of aromatic nitrogens is 2. The number of hydrogen-bond acceptors (Lipinski definition) is 3. The van der Waals surface area contributed by atoms with Gasteiger partial charge in [-0.1, -0.05) is 6.07 Å². The van der Waals surface area contributed by atoms with E-state index in [2.05, 4.69) is 4.98 Å². The number of likely N-dealkylation sites (N-methyl/N-ethyl adjacent to an activating group) is 1. The van der Waals surface area contributed by atoms with Crippen LogP contribution in [0, 0.1) is 5.92 Å². The lowest BCUT2D eigenvalue weighted by Gasteiger charge is -2.34. The molecule has 1 N–H and O–H groups in total. The second-order valence-electron chi connectivity index (χ2n) is 6.24. The Kier molecular flexibility index (Phi) is 4.43. The van der Waals surface area contributed by atoms with Crippen LogP contribution in [0.1, 0.15) is 31.4 Å². The Morgan fingerprint density at radius 2 is 2.14 bits per heavy atom. The highest BCUT2D eigenvalue weighted by atomic mass is 16.3. The van der Waals surface area contributed by atoms with Crippen LogP contribution in [0.5, 0.6) is 0 Å². The maximum Gasteiger partial charge on any atom is 0.228 e. The molecule has 5 heteroatoms. The normalized spacial score (nSPS) is 21.9. The zero-order valence-electron chi connectivity index (χ0n) is 13.0. The predicted octanol–water partition coefficient (Wildman–Crippen LogP) is 1.89. The Morgan fingerprint density at radius 3 is 2.82 bits per heavy atom. The third kappa shape index (κ3) is 3.14. The van der Waals surface area contributed by atoms with E-state index < -0.39 is 0 Å². The van der Waals surface area contributed by atoms with E-state index >= 15 is 0 Å². The maximum absolute atomic E-state index is 12.5. The first kappa shape index (κ1) is 15.0. The molecule has 1 fully saturated rings. The van der Waals surface area contributed by atoms with E-state index in [1.54, 1.807) is 0 Å². The van der Waals surface area contributed by atoms with E-state index in [0.717, 1.165) is 37.0 Å². The molecule has 1 amide bonds. The summed E-state index contributed by atoms with van der Waals surface area (Å²) in [6.45, 7) is 0.269. The van der Waals surface area contributed by atoms with Gasteiger partial charge in [-0.3, -0.25) is 4.79 Å². The minimum Gasteiger partial charge on any atom is -0.396 e. The SMILES string of the molecule is CN(C(=O)Cc1cn2ccccc2n1)C1CCC(CO)CC1. The minimum absolute atomic E-state index is 0.121. The lowest BCUT2D eigenvalue weighted by atomic mass is 9.86. The fourth-order valence-corrected chi connectivity index (χ4v) is 3.27. The maximum atomic E-state index is 12.5. The lowest BCUT2D eigenvalue weighted by Crippen LogP contribution is -2.40. The average molecular weight is 301 g/mol. The van der Waals surface area contributed by atoms with Gasteiger partial charge in [0, 0.05) is 32.1 Å². The number of fused-ring (bicyclic) bond motifs is 1. The lowest BCUT2D eigenvalue weighted by molar-refractivity contribution is -0.132. The van der Waals surface area contributed by atoms with Gasteiger partial charge >= 0.3 is 0 Å². The smallest absolute Gasteiger partial charge is 0.228 e. The van der Waals surface area contributed by atoms with Crippen molar-refractivity contribution in [1.82, 2.24) is 14.3 Å². The summed E-state index contributed by atoms with van der Waals surface area (Å²) in [6.07, 6.45) is 8.19. The number of aliphatic hydroxyl groups excluding tert-OH is 1. The standard InChI is InChI=1S/C17H23N3O2/c1-19(15-7-5-13(12-21)6-8-15)17(22)10-14-11-20-9-3-2-4-16(20)18-14/h2-4,9,11,13,15,21H,5-8,10,12H2,1H3. The summed E-state index contributed by atoms with van der Waals surface area (Å²) in [5, 5.41) is 9.20. The van der Waals surface area contributed by atoms with Crippen LogP contribution in [0.25, 0.3) is 5.65 Å². The van der Waals surface area contributed by atoms with Gasteiger partial charge in [0.2, 0.25) is 5.91 Å². The first-order valence-corrected chi connectivity index (χ1v) is 7.96. The number of nitrogens with zero attached hydrogens (tertiary/aromatic N) is 3. The molecule has 1 aliphatic carbocycles. The van der Waals surface area contributed by atoms with Gasteiger partial charge in [-0.2, -0.15) is 0 Å². The van der Waals surface area contributed by atoms with E-state index in [9.17, 15) is 9.90 Å². The minimum atomic E-state index is 0.121. The summed E-state index contributed by atoms with van der Waals surface area (Å²) in [4.78, 5) is 18.8. The molecule has 0 atom stereocenters. The summed E-state index contributed by atoms with van der Waals surface area (Å²) in [5.74, 6) is 0.536. The first-order valence-electron chi connectivity index (χ1n) is 7.96. The highest BCUT2D eigenvalue weighted by Crippen LogP contribution is 2.26. The van der Waals surface area contributed by atoms with Crippen molar-refractivity contribution in [3.05, 3.63) is 36.3 Å². The highest BCUT2D eigenvalue weighted by molar-refractivity contribution is 5.78. The molecular formula is C17H23N3O2. The number of amides is 1. The number of hydrogen-bond donors (Lipinski definition) is 1. The highest BCUT2D eigenvalue weighted by Gasteiger charge is 2.26. The fourth-order valence-electron chi connectivity index (χ4n) is 3.27. The van der Waals surface area contributed by atoms with Crippen LogP contribution in [0.2, 0.25) is 0 Å². The third-order valence-electron chi connectivity index (χ3n) is 4.76. The van der Waals surface area contributed by atoms with E-state index in [0.29, 0.717) is 18.4 Å². The summed E-state index contributed by atoms with van der Waals surface area (Å²) in [6, 6.07) is 6.13. The van der Waals surface area contributed by atoms with Crippen LogP contribution in [-0.4, -0.2) is 45.0 Å². The van der Waals surface area contributed by atoms with Gasteiger partial charge in [-0.05, 0) is 43.7 Å². The molecule has 0 aromatic carbocycles. The van der Waals surface area contributed by atoms with Gasteiger partial charge in [0.1, 0.15) is 5.65 Å². The number of pyridine rings is 1. The molecular weight excluding hydrogens is 278 g/mol. The molecule has 2 aromatic heterocycles. The summed E-state index contributed by atoms with van der Waals surface area (Å²) < 4.78 is 1.94. The monoisotopic (exact) mass is 301 g/mol.